The summed E-state index contributed by atoms with van der Waals surface area (Å²) in [6, 6.07) is 6.63. The van der Waals surface area contributed by atoms with Gasteiger partial charge in [-0.15, -0.1) is 0 Å². The minimum atomic E-state index is 0.600. The molecular weight excluding hydrogens is 212 g/mol. The maximum atomic E-state index is 5.91. The molecule has 0 aliphatic carbocycles. The average Bonchev–Trinajstić information content (AvgIpc) is 2.35. The maximum Gasteiger partial charge on any atom is 0.141 e. The molecule has 0 radical (unpaired) electrons. The molecule has 2 N–H and O–H groups in total. The molecule has 1 atom stereocenters. The number of nitrogens with zero attached hydrogens (tertiary/aromatic N) is 1. The van der Waals surface area contributed by atoms with Crippen LogP contribution >= 0.6 is 0 Å². The van der Waals surface area contributed by atoms with Crippen LogP contribution in [0.4, 0.5) is 5.69 Å². The molecule has 1 unspecified atom stereocenters. The summed E-state index contributed by atoms with van der Waals surface area (Å²) >= 11 is 0. The average molecular weight is 236 g/mol. The minimum absolute atomic E-state index is 0.600. The minimum Gasteiger partial charge on any atom is -0.495 e. The lowest BCUT2D eigenvalue weighted by atomic mass is 10.1. The zero-order valence-corrected chi connectivity index (χ0v) is 11.4. The van der Waals surface area contributed by atoms with Gasteiger partial charge in [0, 0.05) is 12.6 Å². The zero-order valence-electron chi connectivity index (χ0n) is 11.4. The molecule has 0 saturated carbocycles. The van der Waals surface area contributed by atoms with Gasteiger partial charge in [0.2, 0.25) is 0 Å². The van der Waals surface area contributed by atoms with Crippen LogP contribution in [0.5, 0.6) is 5.75 Å². The van der Waals surface area contributed by atoms with Crippen molar-refractivity contribution in [1.82, 2.24) is 4.90 Å². The first-order chi connectivity index (χ1) is 8.12. The number of hydrogen-bond donors (Lipinski definition) is 1. The number of hydrogen-bond acceptors (Lipinski definition) is 3. The van der Waals surface area contributed by atoms with Crippen molar-refractivity contribution < 1.29 is 4.74 Å². The molecular formula is C14H24N2O. The standard InChI is InChI=1S/C14H24N2O/c1-5-11(3)16(6-2)10-12-7-8-14(17-4)13(15)9-12/h7-9,11H,5-6,10,15H2,1-4H3. The summed E-state index contributed by atoms with van der Waals surface area (Å²) in [6.45, 7) is 8.67. The van der Waals surface area contributed by atoms with Crippen LogP contribution in [0, 0.1) is 0 Å². The van der Waals surface area contributed by atoms with E-state index in [0.717, 1.165) is 18.8 Å². The Bertz CT molecular complexity index is 352. The Morgan fingerprint density at radius 3 is 2.53 bits per heavy atom. The highest BCUT2D eigenvalue weighted by Crippen LogP contribution is 2.23. The predicted octanol–water partition coefficient (Wildman–Crippen LogP) is 2.90. The van der Waals surface area contributed by atoms with E-state index in [4.69, 9.17) is 10.5 Å². The number of benzene rings is 1. The number of ether oxygens (including phenoxy) is 1. The Hall–Kier alpha value is -1.22. The molecule has 0 fully saturated rings. The number of rotatable bonds is 6. The Labute approximate surface area is 105 Å². The zero-order chi connectivity index (χ0) is 12.8. The van der Waals surface area contributed by atoms with E-state index in [2.05, 4.69) is 31.7 Å². The van der Waals surface area contributed by atoms with Gasteiger partial charge in [-0.05, 0) is 37.6 Å². The first-order valence-corrected chi connectivity index (χ1v) is 6.28. The van der Waals surface area contributed by atoms with E-state index in [1.165, 1.54) is 12.0 Å². The first-order valence-electron chi connectivity index (χ1n) is 6.28. The van der Waals surface area contributed by atoms with Gasteiger partial charge in [0.15, 0.2) is 0 Å². The summed E-state index contributed by atoms with van der Waals surface area (Å²) in [5.41, 5.74) is 7.87. The van der Waals surface area contributed by atoms with Crippen molar-refractivity contribution in [3.8, 4) is 5.75 Å². The Balaban J connectivity index is 2.76. The number of nitrogens with two attached hydrogens (primary N) is 1. The quantitative estimate of drug-likeness (QED) is 0.772. The SMILES string of the molecule is CCC(C)N(CC)Cc1ccc(OC)c(N)c1. The van der Waals surface area contributed by atoms with Gasteiger partial charge in [-0.25, -0.2) is 0 Å². The van der Waals surface area contributed by atoms with Crippen LogP contribution in [0.2, 0.25) is 0 Å². The molecule has 3 heteroatoms. The molecule has 96 valence electrons. The topological polar surface area (TPSA) is 38.5 Å². The van der Waals surface area contributed by atoms with E-state index >= 15 is 0 Å². The predicted molar refractivity (Wildman–Crippen MR) is 73.2 cm³/mol. The molecule has 1 aromatic carbocycles. The third-order valence-electron chi connectivity index (χ3n) is 3.30. The molecule has 0 aliphatic rings. The highest BCUT2D eigenvalue weighted by Gasteiger charge is 2.11. The fourth-order valence-corrected chi connectivity index (χ4v) is 1.95. The van der Waals surface area contributed by atoms with Gasteiger partial charge >= 0.3 is 0 Å². The van der Waals surface area contributed by atoms with Gasteiger partial charge in [0.05, 0.1) is 12.8 Å². The smallest absolute Gasteiger partial charge is 0.141 e. The van der Waals surface area contributed by atoms with Crippen LogP contribution in [0.3, 0.4) is 0 Å². The summed E-state index contributed by atoms with van der Waals surface area (Å²) in [4.78, 5) is 2.45. The normalized spacial score (nSPS) is 12.8. The molecule has 0 aliphatic heterocycles. The Morgan fingerprint density at radius 1 is 1.35 bits per heavy atom. The molecule has 0 amide bonds. The summed E-state index contributed by atoms with van der Waals surface area (Å²) in [7, 11) is 1.64. The van der Waals surface area contributed by atoms with Crippen molar-refractivity contribution >= 4 is 5.69 Å². The van der Waals surface area contributed by atoms with E-state index in [1.807, 2.05) is 12.1 Å². The maximum absolute atomic E-state index is 5.91. The molecule has 0 heterocycles. The van der Waals surface area contributed by atoms with E-state index in [9.17, 15) is 0 Å². The summed E-state index contributed by atoms with van der Waals surface area (Å²) < 4.78 is 5.16. The van der Waals surface area contributed by atoms with Crippen molar-refractivity contribution in [1.29, 1.82) is 0 Å². The first kappa shape index (κ1) is 13.8. The van der Waals surface area contributed by atoms with Gasteiger partial charge < -0.3 is 10.5 Å². The molecule has 17 heavy (non-hydrogen) atoms. The summed E-state index contributed by atoms with van der Waals surface area (Å²) in [5.74, 6) is 0.750. The van der Waals surface area contributed by atoms with Crippen LogP contribution in [0.15, 0.2) is 18.2 Å². The van der Waals surface area contributed by atoms with Gasteiger partial charge in [0.1, 0.15) is 5.75 Å². The van der Waals surface area contributed by atoms with E-state index < -0.39 is 0 Å². The van der Waals surface area contributed by atoms with Crippen LogP contribution < -0.4 is 10.5 Å². The highest BCUT2D eigenvalue weighted by atomic mass is 16.5. The van der Waals surface area contributed by atoms with Crippen molar-refractivity contribution in [2.75, 3.05) is 19.4 Å². The Morgan fingerprint density at radius 2 is 2.06 bits per heavy atom. The van der Waals surface area contributed by atoms with E-state index in [1.54, 1.807) is 7.11 Å². The van der Waals surface area contributed by atoms with Crippen molar-refractivity contribution in [3.05, 3.63) is 23.8 Å². The molecule has 0 bridgehead atoms. The fourth-order valence-electron chi connectivity index (χ4n) is 1.95. The van der Waals surface area contributed by atoms with Crippen LogP contribution in [0.1, 0.15) is 32.8 Å². The molecule has 0 aromatic heterocycles. The lowest BCUT2D eigenvalue weighted by Gasteiger charge is -2.27. The monoisotopic (exact) mass is 236 g/mol. The summed E-state index contributed by atoms with van der Waals surface area (Å²) in [5, 5.41) is 0. The van der Waals surface area contributed by atoms with Gasteiger partial charge in [-0.1, -0.05) is 19.9 Å². The van der Waals surface area contributed by atoms with Gasteiger partial charge in [-0.2, -0.15) is 0 Å². The third kappa shape index (κ3) is 3.63. The van der Waals surface area contributed by atoms with Crippen molar-refractivity contribution in [2.24, 2.45) is 0 Å². The lowest BCUT2D eigenvalue weighted by Crippen LogP contribution is -2.31. The van der Waals surface area contributed by atoms with Gasteiger partial charge in [-0.3, -0.25) is 4.90 Å². The second-order valence-corrected chi connectivity index (χ2v) is 4.40. The van der Waals surface area contributed by atoms with Crippen LogP contribution in [-0.2, 0) is 6.54 Å². The second kappa shape index (κ2) is 6.50. The van der Waals surface area contributed by atoms with Crippen LogP contribution in [-0.4, -0.2) is 24.6 Å². The molecule has 3 nitrogen and oxygen atoms in total. The van der Waals surface area contributed by atoms with E-state index in [0.29, 0.717) is 11.7 Å². The van der Waals surface area contributed by atoms with Crippen LogP contribution in [0.25, 0.3) is 0 Å². The van der Waals surface area contributed by atoms with Crippen molar-refractivity contribution in [3.63, 3.8) is 0 Å². The highest BCUT2D eigenvalue weighted by molar-refractivity contribution is 5.54. The second-order valence-electron chi connectivity index (χ2n) is 4.40. The molecule has 0 spiro atoms. The summed E-state index contributed by atoms with van der Waals surface area (Å²) in [6.07, 6.45) is 1.17. The Kier molecular flexibility index (Phi) is 5.29. The molecule has 0 saturated heterocycles. The number of methoxy groups -OCH3 is 1. The lowest BCUT2D eigenvalue weighted by molar-refractivity contribution is 0.206. The van der Waals surface area contributed by atoms with E-state index in [-0.39, 0.29) is 0 Å². The molecule has 1 aromatic rings. The van der Waals surface area contributed by atoms with Crippen molar-refractivity contribution in [2.45, 2.75) is 39.8 Å². The number of anilines is 1. The fraction of sp³-hybridized carbons (Fsp3) is 0.571. The molecule has 1 rings (SSSR count). The number of nitrogen functional groups attached to an aromatic ring is 1. The van der Waals surface area contributed by atoms with Gasteiger partial charge in [0.25, 0.3) is 0 Å². The third-order valence-corrected chi connectivity index (χ3v) is 3.30. The largest absolute Gasteiger partial charge is 0.495 e.